The maximum absolute atomic E-state index is 11.2. The van der Waals surface area contributed by atoms with Gasteiger partial charge >= 0.3 is 5.97 Å². The van der Waals surface area contributed by atoms with Crippen molar-refractivity contribution in [3.63, 3.8) is 0 Å². The summed E-state index contributed by atoms with van der Waals surface area (Å²) in [6.45, 7) is 3.76. The molecule has 0 atom stereocenters. The number of carboxylic acid groups (broad SMARTS) is 1. The Morgan fingerprint density at radius 2 is 1.56 bits per heavy atom. The predicted molar refractivity (Wildman–Crippen MR) is 71.2 cm³/mol. The van der Waals surface area contributed by atoms with Gasteiger partial charge in [-0.05, 0) is 88.4 Å². The normalized spacial score (nSPS) is 42.2. The number of rotatable bonds is 4. The second-order valence-electron chi connectivity index (χ2n) is 7.82. The van der Waals surface area contributed by atoms with Crippen LogP contribution in [0.4, 0.5) is 0 Å². The van der Waals surface area contributed by atoms with Crippen LogP contribution in [0.15, 0.2) is 0 Å². The van der Waals surface area contributed by atoms with E-state index in [2.05, 4.69) is 0 Å². The van der Waals surface area contributed by atoms with E-state index in [1.54, 1.807) is 0 Å². The van der Waals surface area contributed by atoms with Crippen LogP contribution < -0.4 is 0 Å². The number of carbonyl (C=O) groups is 1. The predicted octanol–water partition coefficient (Wildman–Crippen LogP) is 3.95. The third-order valence-corrected chi connectivity index (χ3v) is 6.10. The van der Waals surface area contributed by atoms with Crippen molar-refractivity contribution in [1.29, 1.82) is 0 Å². The number of hydrogen-bond donors (Lipinski definition) is 1. The number of aliphatic carboxylic acids is 1. The van der Waals surface area contributed by atoms with Crippen molar-refractivity contribution in [3.05, 3.63) is 0 Å². The van der Waals surface area contributed by atoms with Gasteiger partial charge in [0.2, 0.25) is 0 Å². The van der Waals surface area contributed by atoms with Crippen molar-refractivity contribution in [2.75, 3.05) is 0 Å². The third-order valence-electron chi connectivity index (χ3n) is 6.10. The summed E-state index contributed by atoms with van der Waals surface area (Å²) in [7, 11) is 0. The number of hydrogen-bond acceptors (Lipinski definition) is 1. The molecular formula is C16H26O2. The molecular weight excluding hydrogens is 224 g/mol. The minimum atomic E-state index is -0.633. The van der Waals surface area contributed by atoms with Gasteiger partial charge in [-0.3, -0.25) is 4.79 Å². The first-order valence-electron chi connectivity index (χ1n) is 7.69. The molecule has 0 heterocycles. The molecule has 4 fully saturated rings. The molecule has 0 aromatic heterocycles. The molecule has 0 aromatic carbocycles. The molecule has 4 saturated carbocycles. The molecule has 102 valence electrons. The Labute approximate surface area is 110 Å². The SMILES string of the molecule is CC(C)(CCC1C2CC3CC(C2)CC1C3)C(=O)O. The van der Waals surface area contributed by atoms with Crippen LogP contribution in [0, 0.1) is 35.0 Å². The maximum atomic E-state index is 11.2. The molecule has 18 heavy (non-hydrogen) atoms. The van der Waals surface area contributed by atoms with Gasteiger partial charge in [0.05, 0.1) is 5.41 Å². The highest BCUT2D eigenvalue weighted by Gasteiger charge is 2.48. The van der Waals surface area contributed by atoms with Gasteiger partial charge in [0.15, 0.2) is 0 Å². The van der Waals surface area contributed by atoms with Crippen molar-refractivity contribution in [2.24, 2.45) is 35.0 Å². The van der Waals surface area contributed by atoms with Gasteiger partial charge in [-0.2, -0.15) is 0 Å². The van der Waals surface area contributed by atoms with E-state index < -0.39 is 11.4 Å². The quantitative estimate of drug-likeness (QED) is 0.820. The molecule has 2 nitrogen and oxygen atoms in total. The first-order chi connectivity index (χ1) is 8.45. The van der Waals surface area contributed by atoms with E-state index in [9.17, 15) is 9.90 Å². The second-order valence-corrected chi connectivity index (χ2v) is 7.82. The molecule has 2 heteroatoms. The minimum absolute atomic E-state index is 0.533. The summed E-state index contributed by atoms with van der Waals surface area (Å²) in [5.41, 5.74) is -0.533. The zero-order chi connectivity index (χ0) is 12.9. The van der Waals surface area contributed by atoms with E-state index in [1.165, 1.54) is 32.1 Å². The highest BCUT2D eigenvalue weighted by molar-refractivity contribution is 5.73. The zero-order valence-electron chi connectivity index (χ0n) is 11.7. The summed E-state index contributed by atoms with van der Waals surface area (Å²) in [4.78, 5) is 11.2. The summed E-state index contributed by atoms with van der Waals surface area (Å²) >= 11 is 0. The monoisotopic (exact) mass is 250 g/mol. The lowest BCUT2D eigenvalue weighted by atomic mass is 9.51. The lowest BCUT2D eigenvalue weighted by molar-refractivity contribution is -0.148. The molecule has 0 aliphatic heterocycles. The van der Waals surface area contributed by atoms with Crippen LogP contribution in [0.3, 0.4) is 0 Å². The molecule has 0 saturated heterocycles. The van der Waals surface area contributed by atoms with Gasteiger partial charge in [-0.1, -0.05) is 0 Å². The molecule has 4 aliphatic rings. The summed E-state index contributed by atoms with van der Waals surface area (Å²) < 4.78 is 0. The smallest absolute Gasteiger partial charge is 0.309 e. The molecule has 4 bridgehead atoms. The minimum Gasteiger partial charge on any atom is -0.481 e. The average molecular weight is 250 g/mol. The molecule has 0 aromatic rings. The third kappa shape index (κ3) is 2.08. The highest BCUT2D eigenvalue weighted by Crippen LogP contribution is 2.57. The van der Waals surface area contributed by atoms with Crippen LogP contribution in [0.5, 0.6) is 0 Å². The van der Waals surface area contributed by atoms with Crippen molar-refractivity contribution in [3.8, 4) is 0 Å². The van der Waals surface area contributed by atoms with E-state index in [1.807, 2.05) is 13.8 Å². The van der Waals surface area contributed by atoms with E-state index in [-0.39, 0.29) is 0 Å². The summed E-state index contributed by atoms with van der Waals surface area (Å²) in [6, 6.07) is 0. The molecule has 1 N–H and O–H groups in total. The Balaban J connectivity index is 1.62. The van der Waals surface area contributed by atoms with Gasteiger partial charge < -0.3 is 5.11 Å². The fourth-order valence-electron chi connectivity index (χ4n) is 5.14. The summed E-state index contributed by atoms with van der Waals surface area (Å²) in [5, 5.41) is 9.22. The lowest BCUT2D eigenvalue weighted by Gasteiger charge is -2.55. The molecule has 0 spiro atoms. The van der Waals surface area contributed by atoms with Crippen LogP contribution in [-0.4, -0.2) is 11.1 Å². The van der Waals surface area contributed by atoms with Gasteiger partial charge in [0.25, 0.3) is 0 Å². The fraction of sp³-hybridized carbons (Fsp3) is 0.938. The largest absolute Gasteiger partial charge is 0.481 e. The molecule has 0 radical (unpaired) electrons. The first kappa shape index (κ1) is 12.5. The van der Waals surface area contributed by atoms with E-state index in [0.29, 0.717) is 0 Å². The van der Waals surface area contributed by atoms with Crippen molar-refractivity contribution in [1.82, 2.24) is 0 Å². The van der Waals surface area contributed by atoms with Gasteiger partial charge in [0, 0.05) is 0 Å². The van der Waals surface area contributed by atoms with Crippen LogP contribution in [0.2, 0.25) is 0 Å². The van der Waals surface area contributed by atoms with Crippen LogP contribution in [-0.2, 0) is 4.79 Å². The van der Waals surface area contributed by atoms with Gasteiger partial charge in [0.1, 0.15) is 0 Å². The fourth-order valence-corrected chi connectivity index (χ4v) is 5.14. The Bertz CT molecular complexity index is 317. The average Bonchev–Trinajstić information content (AvgIpc) is 2.26. The van der Waals surface area contributed by atoms with E-state index in [4.69, 9.17) is 0 Å². The second kappa shape index (κ2) is 4.25. The van der Waals surface area contributed by atoms with Crippen molar-refractivity contribution < 1.29 is 9.90 Å². The Morgan fingerprint density at radius 1 is 1.06 bits per heavy atom. The van der Waals surface area contributed by atoms with Crippen molar-refractivity contribution in [2.45, 2.75) is 58.8 Å². The summed E-state index contributed by atoms with van der Waals surface area (Å²) in [5.74, 6) is 4.13. The van der Waals surface area contributed by atoms with E-state index in [0.717, 1.165) is 42.4 Å². The molecule has 0 amide bonds. The van der Waals surface area contributed by atoms with Gasteiger partial charge in [-0.15, -0.1) is 0 Å². The Morgan fingerprint density at radius 3 is 2.00 bits per heavy atom. The van der Waals surface area contributed by atoms with Gasteiger partial charge in [-0.25, -0.2) is 0 Å². The Kier molecular flexibility index (Phi) is 2.95. The zero-order valence-corrected chi connectivity index (χ0v) is 11.7. The highest BCUT2D eigenvalue weighted by atomic mass is 16.4. The van der Waals surface area contributed by atoms with E-state index >= 15 is 0 Å². The standard InChI is InChI=1S/C16H26O2/c1-16(2,15(17)18)4-3-14-12-6-10-5-11(8-12)9-13(14)7-10/h10-14H,3-9H2,1-2H3,(H,17,18). The maximum Gasteiger partial charge on any atom is 0.309 e. The molecule has 4 rings (SSSR count). The topological polar surface area (TPSA) is 37.3 Å². The molecule has 4 aliphatic carbocycles. The van der Waals surface area contributed by atoms with Crippen LogP contribution in [0.25, 0.3) is 0 Å². The van der Waals surface area contributed by atoms with Crippen LogP contribution in [0.1, 0.15) is 58.8 Å². The lowest BCUT2D eigenvalue weighted by Crippen LogP contribution is -2.45. The molecule has 0 unspecified atom stereocenters. The van der Waals surface area contributed by atoms with Crippen molar-refractivity contribution >= 4 is 5.97 Å². The first-order valence-corrected chi connectivity index (χ1v) is 7.69. The summed E-state index contributed by atoms with van der Waals surface area (Å²) in [6.07, 6.45) is 9.30. The van der Waals surface area contributed by atoms with Crippen LogP contribution >= 0.6 is 0 Å². The Hall–Kier alpha value is -0.530. The number of carboxylic acids is 1.